The summed E-state index contributed by atoms with van der Waals surface area (Å²) in [5.74, 6) is 5.12. The van der Waals surface area contributed by atoms with Crippen LogP contribution >= 0.6 is 23.9 Å². The molecule has 0 atom stereocenters. The maximum absolute atomic E-state index is 9.63. The van der Waals surface area contributed by atoms with Crippen LogP contribution in [0.2, 0.25) is 0 Å². The van der Waals surface area contributed by atoms with Gasteiger partial charge in [0.05, 0.1) is 57.6 Å². The Hall–Kier alpha value is -5.27. The first kappa shape index (κ1) is 57.0. The van der Waals surface area contributed by atoms with E-state index in [9.17, 15) is 5.11 Å². The maximum Gasteiger partial charge on any atom is 0.494 e. The number of aromatic nitrogens is 6. The smallest absolute Gasteiger partial charge is 0.494 e. The van der Waals surface area contributed by atoms with E-state index in [1.54, 1.807) is 25.6 Å². The van der Waals surface area contributed by atoms with Gasteiger partial charge in [0.15, 0.2) is 0 Å². The molecule has 0 radical (unpaired) electrons. The molecule has 1 aromatic carbocycles. The molecular formula is C52H75BBrN10O8P. The molecule has 0 amide bonds. The summed E-state index contributed by atoms with van der Waals surface area (Å²) in [5, 5.41) is 35.7. The minimum atomic E-state index is -1.59. The number of nitrogen functional groups attached to an aromatic ring is 2. The van der Waals surface area contributed by atoms with Gasteiger partial charge < -0.3 is 60.9 Å². The van der Waals surface area contributed by atoms with Crippen LogP contribution in [0, 0.1) is 0 Å². The molecule has 4 aliphatic carbocycles. The van der Waals surface area contributed by atoms with Crippen molar-refractivity contribution in [2.75, 3.05) is 57.6 Å². The molecule has 9 rings (SSSR count). The number of benzene rings is 1. The van der Waals surface area contributed by atoms with Crippen molar-refractivity contribution in [3.05, 3.63) is 65.0 Å². The van der Waals surface area contributed by atoms with E-state index >= 15 is 0 Å². The Balaban J connectivity index is 0.000000164. The highest BCUT2D eigenvalue weighted by molar-refractivity contribution is 9.10. The second-order valence-corrected chi connectivity index (χ2v) is 22.1. The third-order valence-electron chi connectivity index (χ3n) is 13.7. The monoisotopic (exact) mass is 1090 g/mol. The number of nitrogens with one attached hydrogen (secondary N) is 2. The molecule has 0 unspecified atom stereocenters. The van der Waals surface area contributed by atoms with Crippen LogP contribution in [0.1, 0.15) is 121 Å². The van der Waals surface area contributed by atoms with E-state index in [0.717, 1.165) is 57.1 Å². The standard InChI is InChI=1S/C20H31O2P.C16H21N5O2.C9H13BrN4.C7H10BNO4/c1-21-18-14-9-15-19(22-2)20(18)23(16-10-5-3-6-11-16)17-12-7-4-8-13-17;1-23-14-7-6-11(13(9-22)20-14)12-8-18-16(17)21-15(12)19-10-4-2-3-5-10;10-7-5-12-9(11)14-8(7)13-6-3-1-2-4-6;1-12-6-4-3-5(8(10)11)7(9-6)13-2/h9,14-17H,3-8,10-13H2,1-2H3;6-8,10,22H,2-5,9H2,1H3,(H3,17,18,19,21);5-6H,1-4H2,(H3,11,12,13,14);3-4,10-11H,1-2H3. The summed E-state index contributed by atoms with van der Waals surface area (Å²) in [4.78, 5) is 24.6. The first-order chi connectivity index (χ1) is 35.5. The second kappa shape index (κ2) is 29.6. The summed E-state index contributed by atoms with van der Waals surface area (Å²) >= 11 is 3.39. The van der Waals surface area contributed by atoms with Crippen molar-refractivity contribution in [3.63, 3.8) is 0 Å². The number of ether oxygens (including phenoxy) is 5. The van der Waals surface area contributed by atoms with Crippen LogP contribution in [0.4, 0.5) is 23.5 Å². The van der Waals surface area contributed by atoms with E-state index in [1.807, 2.05) is 20.3 Å². The Labute approximate surface area is 440 Å². The van der Waals surface area contributed by atoms with Gasteiger partial charge in [-0.25, -0.2) is 15.0 Å². The Kier molecular flexibility index (Phi) is 23.1. The molecule has 0 aliphatic heterocycles. The van der Waals surface area contributed by atoms with Crippen LogP contribution in [-0.4, -0.2) is 111 Å². The lowest BCUT2D eigenvalue weighted by Crippen LogP contribution is -2.31. The average Bonchev–Trinajstić information content (AvgIpc) is 4.16. The first-order valence-electron chi connectivity index (χ1n) is 25.5. The molecule has 4 aliphatic rings. The van der Waals surface area contributed by atoms with E-state index in [4.69, 9.17) is 45.2 Å². The zero-order valence-electron chi connectivity index (χ0n) is 43.1. The number of aliphatic hydroxyl groups excluding tert-OH is 1. The Morgan fingerprint density at radius 1 is 0.589 bits per heavy atom. The molecule has 0 saturated heterocycles. The van der Waals surface area contributed by atoms with Crippen LogP contribution < -0.4 is 56.6 Å². The molecule has 18 nitrogen and oxygen atoms in total. The fourth-order valence-electron chi connectivity index (χ4n) is 10.0. The van der Waals surface area contributed by atoms with Gasteiger partial charge in [0, 0.05) is 53.2 Å². The van der Waals surface area contributed by atoms with E-state index in [1.165, 1.54) is 134 Å². The molecule has 73 heavy (non-hydrogen) atoms. The normalized spacial score (nSPS) is 16.2. The number of hydrogen-bond acceptors (Lipinski definition) is 18. The molecule has 4 heterocycles. The van der Waals surface area contributed by atoms with Crippen LogP contribution in [0.5, 0.6) is 29.1 Å². The van der Waals surface area contributed by atoms with Gasteiger partial charge in [-0.1, -0.05) is 84.3 Å². The van der Waals surface area contributed by atoms with Crippen molar-refractivity contribution in [1.29, 1.82) is 0 Å². The summed E-state index contributed by atoms with van der Waals surface area (Å²) in [6, 6.07) is 13.9. The molecule has 9 N–H and O–H groups in total. The van der Waals surface area contributed by atoms with Crippen molar-refractivity contribution in [2.24, 2.45) is 0 Å². The molecule has 4 aromatic heterocycles. The predicted molar refractivity (Wildman–Crippen MR) is 295 cm³/mol. The van der Waals surface area contributed by atoms with Gasteiger partial charge in [-0.2, -0.15) is 15.0 Å². The number of methoxy groups -OCH3 is 5. The molecule has 4 saturated carbocycles. The molecular weight excluding hydrogens is 1010 g/mol. The maximum atomic E-state index is 9.63. The predicted octanol–water partition coefficient (Wildman–Crippen LogP) is 8.41. The Bertz CT molecular complexity index is 2420. The van der Waals surface area contributed by atoms with Crippen molar-refractivity contribution >= 4 is 65.3 Å². The molecule has 4 fully saturated rings. The average molecular weight is 1090 g/mol. The van der Waals surface area contributed by atoms with E-state index in [2.05, 4.69) is 74.7 Å². The van der Waals surface area contributed by atoms with Gasteiger partial charge in [-0.3, -0.25) is 0 Å². The molecule has 0 bridgehead atoms. The number of halogens is 1. The van der Waals surface area contributed by atoms with E-state index in [-0.39, 0.29) is 31.8 Å². The molecule has 21 heteroatoms. The van der Waals surface area contributed by atoms with E-state index < -0.39 is 7.12 Å². The molecule has 5 aromatic rings. The third-order valence-corrected chi connectivity index (χ3v) is 17.8. The highest BCUT2D eigenvalue weighted by Gasteiger charge is 2.36. The summed E-state index contributed by atoms with van der Waals surface area (Å²) in [6.45, 7) is -0.195. The van der Waals surface area contributed by atoms with E-state index in [0.29, 0.717) is 41.3 Å². The van der Waals surface area contributed by atoms with Crippen molar-refractivity contribution in [1.82, 2.24) is 29.9 Å². The number of nitrogens with two attached hydrogens (primary N) is 2. The number of rotatable bonds is 15. The SMILES string of the molecule is COc1ccc(-c2cnc(N)nc2NC2CCCC2)c(CO)n1.COc1ccc(B(O)O)c(OC)n1.COc1cccc(OC)c1P(C1CCCCC1)C1CCCCC1.Nc1ncc(Br)c(NC2CCCC2)n1. The van der Waals surface area contributed by atoms with Crippen LogP contribution in [-0.2, 0) is 6.61 Å². The van der Waals surface area contributed by atoms with Gasteiger partial charge in [0.2, 0.25) is 29.5 Å². The summed E-state index contributed by atoms with van der Waals surface area (Å²) < 4.78 is 27.2. The highest BCUT2D eigenvalue weighted by atomic mass is 79.9. The van der Waals surface area contributed by atoms with Crippen LogP contribution in [0.15, 0.2) is 59.3 Å². The first-order valence-corrected chi connectivity index (χ1v) is 27.8. The number of pyridine rings is 2. The second-order valence-electron chi connectivity index (χ2n) is 18.5. The van der Waals surface area contributed by atoms with Gasteiger partial charge in [-0.15, -0.1) is 0 Å². The van der Waals surface area contributed by atoms with Gasteiger partial charge >= 0.3 is 7.12 Å². The highest BCUT2D eigenvalue weighted by Crippen LogP contribution is 2.57. The zero-order chi connectivity index (χ0) is 52.1. The summed E-state index contributed by atoms with van der Waals surface area (Å²) in [5.41, 5.74) is 15.3. The topological polar surface area (TPSA) is 260 Å². The van der Waals surface area contributed by atoms with Crippen molar-refractivity contribution in [2.45, 2.75) is 146 Å². The third kappa shape index (κ3) is 16.4. The lowest BCUT2D eigenvalue weighted by molar-refractivity contribution is 0.275. The Morgan fingerprint density at radius 3 is 1.59 bits per heavy atom. The number of anilines is 4. The lowest BCUT2D eigenvalue weighted by atomic mass is 9.81. The van der Waals surface area contributed by atoms with Gasteiger partial charge in [0.1, 0.15) is 23.1 Å². The summed E-state index contributed by atoms with van der Waals surface area (Å²) in [6.07, 6.45) is 27.2. The zero-order valence-corrected chi connectivity index (χ0v) is 45.5. The minimum Gasteiger partial charge on any atom is -0.496 e. The number of aliphatic hydroxyl groups is 1. The fraction of sp³-hybridized carbons (Fsp3) is 0.538. The lowest BCUT2D eigenvalue weighted by Gasteiger charge is -2.39. The quantitative estimate of drug-likeness (QED) is 0.0383. The van der Waals surface area contributed by atoms with Gasteiger partial charge in [-0.05, 0) is 96.8 Å². The number of nitrogens with zero attached hydrogens (tertiary/aromatic N) is 6. The molecule has 0 spiro atoms. The van der Waals surface area contributed by atoms with Crippen LogP contribution in [0.3, 0.4) is 0 Å². The van der Waals surface area contributed by atoms with Crippen molar-refractivity contribution < 1.29 is 38.8 Å². The van der Waals surface area contributed by atoms with Gasteiger partial charge in [0.25, 0.3) is 0 Å². The van der Waals surface area contributed by atoms with Crippen LogP contribution in [0.25, 0.3) is 11.1 Å². The Morgan fingerprint density at radius 2 is 1.08 bits per heavy atom. The largest absolute Gasteiger partial charge is 0.496 e. The fourth-order valence-corrected chi connectivity index (χ4v) is 14.4. The minimum absolute atomic E-state index is 0.148. The number of hydrogen-bond donors (Lipinski definition) is 7. The molecule has 396 valence electrons. The summed E-state index contributed by atoms with van der Waals surface area (Å²) in [7, 11) is 6.25. The van der Waals surface area contributed by atoms with Crippen molar-refractivity contribution in [3.8, 4) is 40.3 Å².